The molecule has 0 saturated carbocycles. The summed E-state index contributed by atoms with van der Waals surface area (Å²) in [5.41, 5.74) is 2.30. The summed E-state index contributed by atoms with van der Waals surface area (Å²) in [7, 11) is 0. The van der Waals surface area contributed by atoms with E-state index < -0.39 is 16.9 Å². The summed E-state index contributed by atoms with van der Waals surface area (Å²) in [5, 5.41) is 15.7. The fourth-order valence-electron chi connectivity index (χ4n) is 4.41. The number of carbonyl (C=O) groups excluding carboxylic acids is 1. The summed E-state index contributed by atoms with van der Waals surface area (Å²) >= 11 is 5.68. The second-order valence-electron chi connectivity index (χ2n) is 8.60. The van der Waals surface area contributed by atoms with Gasteiger partial charge in [-0.05, 0) is 56.8 Å². The minimum atomic E-state index is -0.959. The minimum Gasteiger partial charge on any atom is -0.490 e. The lowest BCUT2D eigenvalue weighted by molar-refractivity contribution is -0.385. The largest absolute Gasteiger partial charge is 0.490 e. The van der Waals surface area contributed by atoms with Crippen LogP contribution in [0.1, 0.15) is 37.9 Å². The molecule has 0 fully saturated rings. The molecule has 1 heterocycles. The molecule has 9 nitrogen and oxygen atoms in total. The lowest BCUT2D eigenvalue weighted by Gasteiger charge is -2.37. The van der Waals surface area contributed by atoms with E-state index in [0.717, 1.165) is 11.3 Å². The van der Waals surface area contributed by atoms with E-state index in [-0.39, 0.29) is 40.9 Å². The highest BCUT2D eigenvalue weighted by molar-refractivity contribution is 7.80. The molecule has 0 aromatic heterocycles. The number of nitro groups is 1. The van der Waals surface area contributed by atoms with Crippen LogP contribution in [0, 0.1) is 10.1 Å². The molecule has 202 valence electrons. The predicted octanol–water partition coefficient (Wildman–Crippen LogP) is 5.85. The maximum absolute atomic E-state index is 13.3. The van der Waals surface area contributed by atoms with E-state index in [1.165, 1.54) is 12.1 Å². The van der Waals surface area contributed by atoms with E-state index in [0.29, 0.717) is 18.1 Å². The van der Waals surface area contributed by atoms with Crippen LogP contribution in [0.25, 0.3) is 0 Å². The second kappa shape index (κ2) is 12.4. The van der Waals surface area contributed by atoms with E-state index in [9.17, 15) is 14.9 Å². The molecule has 3 aromatic carbocycles. The second-order valence-corrected chi connectivity index (χ2v) is 8.98. The van der Waals surface area contributed by atoms with Gasteiger partial charge in [0.15, 0.2) is 16.6 Å². The smallest absolute Gasteiger partial charge is 0.338 e. The lowest BCUT2D eigenvalue weighted by atomic mass is 9.93. The van der Waals surface area contributed by atoms with E-state index in [1.54, 1.807) is 18.7 Å². The van der Waals surface area contributed by atoms with Crippen LogP contribution in [-0.4, -0.2) is 29.2 Å². The Balaban J connectivity index is 1.84. The molecular weight excluding hydrogens is 518 g/mol. The molecule has 10 heteroatoms. The molecule has 1 aliphatic rings. The SMILES string of the molecule is CCOC(=O)C1=C(C)N(c2ccccc2)C(=S)N[C@@H]1c1cc(OCC)c(OCc2ccccc2)cc1[N+](=O)[O-]. The Kier molecular flexibility index (Phi) is 8.77. The lowest BCUT2D eigenvalue weighted by Crippen LogP contribution is -2.48. The maximum Gasteiger partial charge on any atom is 0.338 e. The number of ether oxygens (including phenoxy) is 3. The van der Waals surface area contributed by atoms with E-state index in [4.69, 9.17) is 26.4 Å². The molecule has 39 heavy (non-hydrogen) atoms. The van der Waals surface area contributed by atoms with Gasteiger partial charge in [0.2, 0.25) is 0 Å². The van der Waals surface area contributed by atoms with Crippen molar-refractivity contribution in [3.8, 4) is 11.5 Å². The van der Waals surface area contributed by atoms with Crippen LogP contribution >= 0.6 is 12.2 Å². The van der Waals surface area contributed by atoms with Crippen LogP contribution in [0.15, 0.2) is 84.1 Å². The van der Waals surface area contributed by atoms with Gasteiger partial charge in [0, 0.05) is 11.4 Å². The molecule has 0 bridgehead atoms. The Bertz CT molecular complexity index is 1390. The van der Waals surface area contributed by atoms with Crippen LogP contribution < -0.4 is 19.7 Å². The summed E-state index contributed by atoms with van der Waals surface area (Å²) in [5.74, 6) is -0.0699. The normalized spacial score (nSPS) is 15.0. The number of allylic oxidation sites excluding steroid dienone is 1. The first-order valence-corrected chi connectivity index (χ1v) is 12.9. The average Bonchev–Trinajstić information content (AvgIpc) is 2.93. The Labute approximate surface area is 232 Å². The average molecular weight is 548 g/mol. The van der Waals surface area contributed by atoms with Gasteiger partial charge in [0.05, 0.1) is 41.4 Å². The van der Waals surface area contributed by atoms with Gasteiger partial charge in [-0.1, -0.05) is 48.5 Å². The van der Waals surface area contributed by atoms with Crippen molar-refractivity contribution in [3.05, 3.63) is 105 Å². The molecule has 1 aliphatic heterocycles. The first-order valence-electron chi connectivity index (χ1n) is 12.5. The molecular formula is C29H29N3O6S. The quantitative estimate of drug-likeness (QED) is 0.145. The molecule has 4 rings (SSSR count). The van der Waals surface area contributed by atoms with Crippen molar-refractivity contribution in [1.29, 1.82) is 0 Å². The van der Waals surface area contributed by atoms with Gasteiger partial charge >= 0.3 is 5.97 Å². The number of nitro benzene ring substituents is 1. The zero-order chi connectivity index (χ0) is 27.9. The Morgan fingerprint density at radius 3 is 2.26 bits per heavy atom. The number of hydrogen-bond acceptors (Lipinski definition) is 7. The van der Waals surface area contributed by atoms with Gasteiger partial charge in [-0.15, -0.1) is 0 Å². The predicted molar refractivity (Wildman–Crippen MR) is 152 cm³/mol. The van der Waals surface area contributed by atoms with Crippen LogP contribution in [-0.2, 0) is 16.1 Å². The Morgan fingerprint density at radius 1 is 1.00 bits per heavy atom. The van der Waals surface area contributed by atoms with Crippen molar-refractivity contribution in [2.45, 2.75) is 33.4 Å². The number of rotatable bonds is 10. The van der Waals surface area contributed by atoms with Crippen LogP contribution in [0.3, 0.4) is 0 Å². The van der Waals surface area contributed by atoms with Gasteiger partial charge in [-0.3, -0.25) is 15.0 Å². The first-order chi connectivity index (χ1) is 18.8. The molecule has 0 aliphatic carbocycles. The highest BCUT2D eigenvalue weighted by Gasteiger charge is 2.39. The number of thiocarbonyl (C=S) groups is 1. The van der Waals surface area contributed by atoms with Gasteiger partial charge < -0.3 is 19.5 Å². The van der Waals surface area contributed by atoms with E-state index in [2.05, 4.69) is 5.32 Å². The topological polar surface area (TPSA) is 103 Å². The highest BCUT2D eigenvalue weighted by atomic mass is 32.1. The summed E-state index contributed by atoms with van der Waals surface area (Å²) in [6.07, 6.45) is 0. The molecule has 0 amide bonds. The molecule has 1 N–H and O–H groups in total. The van der Waals surface area contributed by atoms with Gasteiger partial charge in [0.25, 0.3) is 5.69 Å². The standard InChI is InChI=1S/C29H29N3O6S/c1-4-36-24-16-22(23(32(34)35)17-25(24)38-18-20-12-8-6-9-13-20)27-26(28(33)37-5-2)19(3)31(29(39)30-27)21-14-10-7-11-15-21/h6-17,27H,4-5,18H2,1-3H3,(H,30,39)/t27-/m1/s1. The van der Waals surface area contributed by atoms with Crippen molar-refractivity contribution in [2.24, 2.45) is 0 Å². The number of carbonyl (C=O) groups is 1. The number of nitrogens with zero attached hydrogens (tertiary/aromatic N) is 2. The van der Waals surface area contributed by atoms with Gasteiger partial charge in [-0.25, -0.2) is 4.79 Å². The monoisotopic (exact) mass is 547 g/mol. The summed E-state index contributed by atoms with van der Waals surface area (Å²) in [4.78, 5) is 26.8. The molecule has 0 unspecified atom stereocenters. The fourth-order valence-corrected chi connectivity index (χ4v) is 4.77. The van der Waals surface area contributed by atoms with Crippen molar-refractivity contribution in [3.63, 3.8) is 0 Å². The summed E-state index contributed by atoms with van der Waals surface area (Å²) in [6.45, 7) is 5.89. The Morgan fingerprint density at radius 2 is 1.64 bits per heavy atom. The minimum absolute atomic E-state index is 0.136. The molecule has 0 saturated heterocycles. The van der Waals surface area contributed by atoms with Crippen LogP contribution in [0.4, 0.5) is 11.4 Å². The maximum atomic E-state index is 13.3. The summed E-state index contributed by atoms with van der Waals surface area (Å²) in [6, 6.07) is 20.7. The number of benzene rings is 3. The Hall–Kier alpha value is -4.44. The zero-order valence-electron chi connectivity index (χ0n) is 21.9. The molecule has 3 aromatic rings. The zero-order valence-corrected chi connectivity index (χ0v) is 22.7. The summed E-state index contributed by atoms with van der Waals surface area (Å²) < 4.78 is 17.2. The number of hydrogen-bond donors (Lipinski definition) is 1. The van der Waals surface area contributed by atoms with E-state index >= 15 is 0 Å². The number of nitrogens with one attached hydrogen (secondary N) is 1. The first kappa shape index (κ1) is 27.6. The van der Waals surface area contributed by atoms with Crippen molar-refractivity contribution in [2.75, 3.05) is 18.1 Å². The molecule has 0 radical (unpaired) electrons. The molecule has 0 spiro atoms. The van der Waals surface area contributed by atoms with Crippen molar-refractivity contribution < 1.29 is 23.9 Å². The third-order valence-electron chi connectivity index (χ3n) is 6.13. The third kappa shape index (κ3) is 6.01. The highest BCUT2D eigenvalue weighted by Crippen LogP contribution is 2.43. The third-order valence-corrected chi connectivity index (χ3v) is 6.43. The van der Waals surface area contributed by atoms with Gasteiger partial charge in [0.1, 0.15) is 6.61 Å². The molecule has 1 atom stereocenters. The van der Waals surface area contributed by atoms with Crippen LogP contribution in [0.5, 0.6) is 11.5 Å². The number of esters is 1. The van der Waals surface area contributed by atoms with E-state index in [1.807, 2.05) is 67.6 Å². The number of anilines is 1. The fraction of sp³-hybridized carbons (Fsp3) is 0.241. The van der Waals surface area contributed by atoms with Crippen molar-refractivity contribution in [1.82, 2.24) is 5.32 Å². The van der Waals surface area contributed by atoms with Crippen LogP contribution in [0.2, 0.25) is 0 Å². The van der Waals surface area contributed by atoms with Gasteiger partial charge in [-0.2, -0.15) is 0 Å². The number of para-hydroxylation sites is 1. The van der Waals surface area contributed by atoms with Crippen molar-refractivity contribution >= 4 is 34.7 Å².